The zero-order chi connectivity index (χ0) is 23.4. The fourth-order valence-corrected chi connectivity index (χ4v) is 6.59. The van der Waals surface area contributed by atoms with Crippen molar-refractivity contribution in [3.8, 4) is 22.3 Å². The van der Waals surface area contributed by atoms with E-state index in [0.29, 0.717) is 0 Å². The van der Waals surface area contributed by atoms with E-state index in [4.69, 9.17) is 0 Å². The minimum absolute atomic E-state index is 1.25. The third kappa shape index (κ3) is 3.26. The molecule has 0 atom stereocenters. The summed E-state index contributed by atoms with van der Waals surface area (Å²) in [5.41, 5.74) is 5.09. The van der Waals surface area contributed by atoms with Crippen molar-refractivity contribution < 1.29 is 0 Å². The van der Waals surface area contributed by atoms with Crippen LogP contribution in [0.2, 0.25) is 0 Å². The number of hydrogen-bond acceptors (Lipinski definition) is 0. The quantitative estimate of drug-likeness (QED) is 0.147. The Morgan fingerprint density at radius 1 is 0.371 bits per heavy atom. The van der Waals surface area contributed by atoms with E-state index >= 15 is 0 Å². The summed E-state index contributed by atoms with van der Waals surface area (Å²) in [6, 6.07) is 46.4. The van der Waals surface area contributed by atoms with Crippen molar-refractivity contribution in [3.63, 3.8) is 0 Å². The lowest BCUT2D eigenvalue weighted by Crippen LogP contribution is -1.91. The van der Waals surface area contributed by atoms with Crippen LogP contribution in [0.4, 0.5) is 0 Å². The van der Waals surface area contributed by atoms with Crippen LogP contribution in [0.25, 0.3) is 65.3 Å². The van der Waals surface area contributed by atoms with Gasteiger partial charge in [0.1, 0.15) is 0 Å². The maximum atomic E-state index is 2.54. The summed E-state index contributed by atoms with van der Waals surface area (Å²) in [7, 11) is 0. The third-order valence-electron chi connectivity index (χ3n) is 7.10. The standard InChI is InChI=1S/C34H21I/c35-34-31-19-8-6-16-28(31)27-15-5-7-18-30(27)33(34)24-12-9-11-22(20-24)32-21-23-10-1-2-13-25(23)26-14-3-4-17-29(26)32/h1-21H. The molecule has 0 heterocycles. The first-order chi connectivity index (χ1) is 17.3. The van der Waals surface area contributed by atoms with E-state index in [2.05, 4.69) is 150 Å². The summed E-state index contributed by atoms with van der Waals surface area (Å²) >= 11 is 2.54. The molecule has 35 heavy (non-hydrogen) atoms. The molecular weight excluding hydrogens is 535 g/mol. The lowest BCUT2D eigenvalue weighted by molar-refractivity contribution is 1.62. The van der Waals surface area contributed by atoms with Gasteiger partial charge in [-0.15, -0.1) is 0 Å². The van der Waals surface area contributed by atoms with Gasteiger partial charge in [0.2, 0.25) is 0 Å². The third-order valence-corrected chi connectivity index (χ3v) is 8.22. The molecule has 0 aliphatic heterocycles. The van der Waals surface area contributed by atoms with E-state index in [1.54, 1.807) is 0 Å². The molecule has 164 valence electrons. The van der Waals surface area contributed by atoms with Crippen LogP contribution in [-0.4, -0.2) is 0 Å². The van der Waals surface area contributed by atoms with Crippen molar-refractivity contribution >= 4 is 65.7 Å². The van der Waals surface area contributed by atoms with Gasteiger partial charge in [-0.25, -0.2) is 0 Å². The van der Waals surface area contributed by atoms with Crippen molar-refractivity contribution in [2.45, 2.75) is 0 Å². The van der Waals surface area contributed by atoms with Crippen molar-refractivity contribution in [1.82, 2.24) is 0 Å². The number of rotatable bonds is 2. The van der Waals surface area contributed by atoms with Crippen LogP contribution in [-0.2, 0) is 0 Å². The molecule has 0 spiro atoms. The number of halogens is 1. The molecule has 0 saturated carbocycles. The molecule has 0 fully saturated rings. The maximum absolute atomic E-state index is 2.54. The first-order valence-electron chi connectivity index (χ1n) is 11.9. The van der Waals surface area contributed by atoms with Crippen molar-refractivity contribution in [2.24, 2.45) is 0 Å². The summed E-state index contributed by atoms with van der Waals surface area (Å²) < 4.78 is 1.30. The molecule has 0 radical (unpaired) electrons. The molecule has 0 aliphatic carbocycles. The van der Waals surface area contributed by atoms with Crippen LogP contribution >= 0.6 is 22.6 Å². The molecule has 0 amide bonds. The summed E-state index contributed by atoms with van der Waals surface area (Å²) in [5.74, 6) is 0. The average Bonchev–Trinajstić information content (AvgIpc) is 2.93. The van der Waals surface area contributed by atoms with Crippen LogP contribution in [0.1, 0.15) is 0 Å². The van der Waals surface area contributed by atoms with E-state index in [1.807, 2.05) is 0 Å². The molecule has 0 aromatic heterocycles. The molecule has 7 rings (SSSR count). The first-order valence-corrected chi connectivity index (χ1v) is 13.0. The maximum Gasteiger partial charge on any atom is 0.0293 e. The highest BCUT2D eigenvalue weighted by Crippen LogP contribution is 2.42. The highest BCUT2D eigenvalue weighted by Gasteiger charge is 2.15. The monoisotopic (exact) mass is 556 g/mol. The highest BCUT2D eigenvalue weighted by molar-refractivity contribution is 14.1. The Morgan fingerprint density at radius 3 is 1.63 bits per heavy atom. The predicted octanol–water partition coefficient (Wildman–Crippen LogP) is 10.2. The molecule has 7 aromatic rings. The molecule has 0 saturated heterocycles. The number of benzene rings is 7. The van der Waals surface area contributed by atoms with Gasteiger partial charge >= 0.3 is 0 Å². The van der Waals surface area contributed by atoms with E-state index in [1.165, 1.54) is 68.9 Å². The average molecular weight is 556 g/mol. The zero-order valence-electron chi connectivity index (χ0n) is 19.0. The van der Waals surface area contributed by atoms with Gasteiger partial charge in [0.05, 0.1) is 0 Å². The lowest BCUT2D eigenvalue weighted by Gasteiger charge is -2.16. The molecule has 1 heteroatoms. The fourth-order valence-electron chi connectivity index (χ4n) is 5.52. The summed E-state index contributed by atoms with van der Waals surface area (Å²) in [6.07, 6.45) is 0. The Bertz CT molecular complexity index is 1910. The molecular formula is C34H21I. The van der Waals surface area contributed by atoms with Crippen molar-refractivity contribution in [3.05, 3.63) is 131 Å². The van der Waals surface area contributed by atoms with Crippen molar-refractivity contribution in [1.29, 1.82) is 0 Å². The smallest absolute Gasteiger partial charge is 0.0293 e. The highest BCUT2D eigenvalue weighted by atomic mass is 127. The van der Waals surface area contributed by atoms with Gasteiger partial charge in [0.15, 0.2) is 0 Å². The molecule has 0 nitrogen and oxygen atoms in total. The van der Waals surface area contributed by atoms with E-state index in [-0.39, 0.29) is 0 Å². The predicted molar refractivity (Wildman–Crippen MR) is 160 cm³/mol. The normalized spacial score (nSPS) is 11.6. The Balaban J connectivity index is 1.53. The van der Waals surface area contributed by atoms with Gasteiger partial charge in [-0.05, 0) is 94.5 Å². The van der Waals surface area contributed by atoms with Gasteiger partial charge in [-0.2, -0.15) is 0 Å². The summed E-state index contributed by atoms with van der Waals surface area (Å²) in [6.45, 7) is 0. The van der Waals surface area contributed by atoms with Gasteiger partial charge in [0, 0.05) is 9.13 Å². The van der Waals surface area contributed by atoms with Crippen LogP contribution in [0.3, 0.4) is 0 Å². The number of fused-ring (bicyclic) bond motifs is 6. The second-order valence-corrected chi connectivity index (χ2v) is 10.1. The Morgan fingerprint density at radius 2 is 0.886 bits per heavy atom. The van der Waals surface area contributed by atoms with Crippen LogP contribution in [0.15, 0.2) is 127 Å². The van der Waals surface area contributed by atoms with E-state index in [0.717, 1.165) is 0 Å². The molecule has 0 bridgehead atoms. The molecule has 7 aromatic carbocycles. The SMILES string of the molecule is Ic1c(-c2cccc(-c3cc4ccccc4c4ccccc34)c2)c2ccccc2c2ccccc12. The minimum atomic E-state index is 1.25. The molecule has 0 aliphatic rings. The largest absolute Gasteiger partial charge is 0.0616 e. The zero-order valence-corrected chi connectivity index (χ0v) is 21.2. The Labute approximate surface area is 218 Å². The van der Waals surface area contributed by atoms with Crippen LogP contribution < -0.4 is 0 Å². The van der Waals surface area contributed by atoms with E-state index < -0.39 is 0 Å². The van der Waals surface area contributed by atoms with Crippen molar-refractivity contribution in [2.75, 3.05) is 0 Å². The Hall–Kier alpha value is -3.69. The van der Waals surface area contributed by atoms with Crippen LogP contribution in [0, 0.1) is 3.57 Å². The lowest BCUT2D eigenvalue weighted by atomic mass is 9.90. The second kappa shape index (κ2) is 8.21. The van der Waals surface area contributed by atoms with Gasteiger partial charge in [-0.1, -0.05) is 115 Å². The summed E-state index contributed by atoms with van der Waals surface area (Å²) in [4.78, 5) is 0. The Kier molecular flexibility index (Phi) is 4.85. The fraction of sp³-hybridized carbons (Fsp3) is 0. The van der Waals surface area contributed by atoms with Gasteiger partial charge in [-0.3, -0.25) is 0 Å². The van der Waals surface area contributed by atoms with Gasteiger partial charge < -0.3 is 0 Å². The first kappa shape index (κ1) is 20.7. The minimum Gasteiger partial charge on any atom is -0.0616 e. The molecule has 0 N–H and O–H groups in total. The van der Waals surface area contributed by atoms with Crippen LogP contribution in [0.5, 0.6) is 0 Å². The topological polar surface area (TPSA) is 0 Å². The van der Waals surface area contributed by atoms with Gasteiger partial charge in [0.25, 0.3) is 0 Å². The summed E-state index contributed by atoms with van der Waals surface area (Å²) in [5, 5.41) is 10.4. The number of hydrogen-bond donors (Lipinski definition) is 0. The second-order valence-electron chi connectivity index (χ2n) is 9.05. The van der Waals surface area contributed by atoms with E-state index in [9.17, 15) is 0 Å². The molecule has 0 unspecified atom stereocenters.